The predicted molar refractivity (Wildman–Crippen MR) is 50.3 cm³/mol. The van der Waals surface area contributed by atoms with Gasteiger partial charge in [-0.05, 0) is 0 Å². The van der Waals surface area contributed by atoms with E-state index >= 15 is 0 Å². The van der Waals surface area contributed by atoms with E-state index in [2.05, 4.69) is 15.9 Å². The number of rotatable bonds is 2. The number of carbonyl (C=O) groups excluding carboxylic acids is 1. The van der Waals surface area contributed by atoms with Crippen LogP contribution in [0.1, 0.15) is 6.42 Å². The fraction of sp³-hybridized carbons (Fsp3) is 0.750. The van der Waals surface area contributed by atoms with Gasteiger partial charge in [0, 0.05) is 18.3 Å². The number of halogens is 1. The highest BCUT2D eigenvalue weighted by atomic mass is 79.9. The number of ether oxygens (including phenoxy) is 1. The summed E-state index contributed by atoms with van der Waals surface area (Å²) in [6, 6.07) is 2.00. The molecule has 0 aromatic rings. The minimum atomic E-state index is -0.451. The maximum atomic E-state index is 11.4. The number of nitriles is 1. The lowest BCUT2D eigenvalue weighted by molar-refractivity contribution is -0.136. The highest BCUT2D eigenvalue weighted by Gasteiger charge is 2.22. The monoisotopic (exact) mass is 246 g/mol. The van der Waals surface area contributed by atoms with Crippen LogP contribution in [-0.4, -0.2) is 41.9 Å². The van der Waals surface area contributed by atoms with Crippen molar-refractivity contribution in [3.63, 3.8) is 0 Å². The van der Waals surface area contributed by atoms with E-state index in [4.69, 9.17) is 10.00 Å². The van der Waals surface area contributed by atoms with Crippen molar-refractivity contribution in [3.8, 4) is 6.07 Å². The normalized spacial score (nSPS) is 22.5. The van der Waals surface area contributed by atoms with Gasteiger partial charge in [0.05, 0.1) is 19.2 Å². The lowest BCUT2D eigenvalue weighted by Crippen LogP contribution is -2.45. The van der Waals surface area contributed by atoms with Gasteiger partial charge in [-0.25, -0.2) is 0 Å². The second-order valence-corrected chi connectivity index (χ2v) is 3.56. The average Bonchev–Trinajstić information content (AvgIpc) is 2.18. The van der Waals surface area contributed by atoms with Gasteiger partial charge in [-0.15, -0.1) is 0 Å². The summed E-state index contributed by atoms with van der Waals surface area (Å²) in [5.41, 5.74) is 0. The van der Waals surface area contributed by atoms with Crippen LogP contribution in [0.2, 0.25) is 0 Å². The second-order valence-electron chi connectivity index (χ2n) is 2.77. The number of hydrogen-bond donors (Lipinski definition) is 0. The Labute approximate surface area is 85.6 Å². The van der Waals surface area contributed by atoms with Gasteiger partial charge in [0.1, 0.15) is 0 Å². The van der Waals surface area contributed by atoms with Crippen LogP contribution < -0.4 is 0 Å². The Morgan fingerprint density at radius 3 is 3.15 bits per heavy atom. The zero-order valence-electron chi connectivity index (χ0n) is 7.20. The zero-order chi connectivity index (χ0) is 9.68. The van der Waals surface area contributed by atoms with Crippen molar-refractivity contribution in [2.75, 3.05) is 25.0 Å². The molecule has 0 spiro atoms. The Kier molecular flexibility index (Phi) is 4.19. The van der Waals surface area contributed by atoms with E-state index in [1.165, 1.54) is 0 Å². The Morgan fingerprint density at radius 1 is 1.77 bits per heavy atom. The van der Waals surface area contributed by atoms with Crippen LogP contribution in [0.3, 0.4) is 0 Å². The van der Waals surface area contributed by atoms with Crippen LogP contribution in [0.5, 0.6) is 0 Å². The zero-order valence-corrected chi connectivity index (χ0v) is 8.79. The first-order valence-electron chi connectivity index (χ1n) is 4.13. The van der Waals surface area contributed by atoms with Crippen molar-refractivity contribution in [2.24, 2.45) is 0 Å². The molecule has 13 heavy (non-hydrogen) atoms. The summed E-state index contributed by atoms with van der Waals surface area (Å²) in [5, 5.41) is 9.27. The molecule has 5 heteroatoms. The molecule has 0 N–H and O–H groups in total. The molecule has 1 aliphatic heterocycles. The molecule has 1 rings (SSSR count). The first kappa shape index (κ1) is 10.5. The van der Waals surface area contributed by atoms with Gasteiger partial charge in [0.25, 0.3) is 0 Å². The van der Waals surface area contributed by atoms with Gasteiger partial charge in [0.15, 0.2) is 6.10 Å². The first-order chi connectivity index (χ1) is 6.27. The van der Waals surface area contributed by atoms with Gasteiger partial charge < -0.3 is 9.64 Å². The maximum absolute atomic E-state index is 11.4. The molecule has 0 bridgehead atoms. The molecule has 72 valence electrons. The Hall–Kier alpha value is -0.600. The van der Waals surface area contributed by atoms with Crippen LogP contribution in [0.25, 0.3) is 0 Å². The van der Waals surface area contributed by atoms with Crippen molar-refractivity contribution in [1.29, 1.82) is 5.26 Å². The third-order valence-electron chi connectivity index (χ3n) is 1.87. The first-order valence-corrected chi connectivity index (χ1v) is 5.25. The van der Waals surface area contributed by atoms with Crippen LogP contribution in [-0.2, 0) is 9.53 Å². The third kappa shape index (κ3) is 2.98. The highest BCUT2D eigenvalue weighted by Crippen LogP contribution is 2.06. The molecule has 1 saturated heterocycles. The Bertz CT molecular complexity index is 227. The topological polar surface area (TPSA) is 53.3 Å². The van der Waals surface area contributed by atoms with E-state index in [0.29, 0.717) is 31.4 Å². The minimum absolute atomic E-state index is 0.0837. The van der Waals surface area contributed by atoms with Crippen molar-refractivity contribution in [3.05, 3.63) is 0 Å². The molecule has 4 nitrogen and oxygen atoms in total. The van der Waals surface area contributed by atoms with Crippen LogP contribution in [0, 0.1) is 11.3 Å². The van der Waals surface area contributed by atoms with E-state index < -0.39 is 6.10 Å². The number of morpholine rings is 1. The van der Waals surface area contributed by atoms with E-state index in [-0.39, 0.29) is 5.91 Å². The number of nitrogens with zero attached hydrogens (tertiary/aromatic N) is 2. The summed E-state index contributed by atoms with van der Waals surface area (Å²) in [5.74, 6) is 0.0837. The van der Waals surface area contributed by atoms with Gasteiger partial charge in [-0.3, -0.25) is 4.79 Å². The van der Waals surface area contributed by atoms with Crippen molar-refractivity contribution in [2.45, 2.75) is 12.5 Å². The molecule has 1 amide bonds. The highest BCUT2D eigenvalue weighted by molar-refractivity contribution is 9.09. The van der Waals surface area contributed by atoms with Crippen molar-refractivity contribution in [1.82, 2.24) is 4.90 Å². The molecule has 1 aliphatic rings. The molecule has 0 aromatic heterocycles. The van der Waals surface area contributed by atoms with Gasteiger partial charge in [0.2, 0.25) is 5.91 Å². The summed E-state index contributed by atoms with van der Waals surface area (Å²) in [6.07, 6.45) is 0.0334. The lowest BCUT2D eigenvalue weighted by Gasteiger charge is -2.29. The molecule has 0 saturated carbocycles. The molecule has 0 aromatic carbocycles. The third-order valence-corrected chi connectivity index (χ3v) is 2.27. The fourth-order valence-corrected chi connectivity index (χ4v) is 1.53. The number of alkyl halides is 1. The Balaban J connectivity index is 2.42. The maximum Gasteiger partial charge on any atom is 0.223 e. The van der Waals surface area contributed by atoms with Gasteiger partial charge >= 0.3 is 0 Å². The lowest BCUT2D eigenvalue weighted by atomic mass is 10.2. The van der Waals surface area contributed by atoms with Crippen molar-refractivity contribution < 1.29 is 9.53 Å². The molecule has 1 heterocycles. The fourth-order valence-electron chi connectivity index (χ4n) is 1.19. The molecular formula is C8H11BrN2O2. The van der Waals surface area contributed by atoms with Crippen molar-refractivity contribution >= 4 is 21.8 Å². The second kappa shape index (κ2) is 5.20. The van der Waals surface area contributed by atoms with E-state index in [9.17, 15) is 4.79 Å². The predicted octanol–water partition coefficient (Wildman–Crippen LogP) is 0.522. The largest absolute Gasteiger partial charge is 0.360 e. The summed E-state index contributed by atoms with van der Waals surface area (Å²) >= 11 is 3.21. The molecular weight excluding hydrogens is 236 g/mol. The Morgan fingerprint density at radius 2 is 2.54 bits per heavy atom. The van der Waals surface area contributed by atoms with E-state index in [1.807, 2.05) is 6.07 Å². The molecule has 1 fully saturated rings. The smallest absolute Gasteiger partial charge is 0.223 e. The number of hydrogen-bond acceptors (Lipinski definition) is 3. The molecule has 1 atom stereocenters. The van der Waals surface area contributed by atoms with E-state index in [1.54, 1.807) is 4.90 Å². The van der Waals surface area contributed by atoms with Crippen LogP contribution in [0.4, 0.5) is 0 Å². The summed E-state index contributed by atoms with van der Waals surface area (Å²) in [7, 11) is 0. The van der Waals surface area contributed by atoms with E-state index in [0.717, 1.165) is 0 Å². The van der Waals surface area contributed by atoms with Crippen LogP contribution >= 0.6 is 15.9 Å². The number of carbonyl (C=O) groups is 1. The SMILES string of the molecule is N#CC1CN(C(=O)CCBr)CCO1. The minimum Gasteiger partial charge on any atom is -0.360 e. The average molecular weight is 247 g/mol. The van der Waals surface area contributed by atoms with Gasteiger partial charge in [-0.1, -0.05) is 15.9 Å². The molecule has 1 unspecified atom stereocenters. The van der Waals surface area contributed by atoms with Gasteiger partial charge in [-0.2, -0.15) is 5.26 Å². The molecule has 0 aliphatic carbocycles. The summed E-state index contributed by atoms with van der Waals surface area (Å²) < 4.78 is 5.12. The summed E-state index contributed by atoms with van der Waals surface area (Å²) in [6.45, 7) is 1.47. The molecule has 0 radical (unpaired) electrons. The number of amides is 1. The quantitative estimate of drug-likeness (QED) is 0.668. The van der Waals surface area contributed by atoms with Crippen LogP contribution in [0.15, 0.2) is 0 Å². The standard InChI is InChI=1S/C8H11BrN2O2/c9-2-1-8(12)11-3-4-13-7(5-10)6-11/h7H,1-4,6H2. The summed E-state index contributed by atoms with van der Waals surface area (Å²) in [4.78, 5) is 13.1.